The zero-order valence-corrected chi connectivity index (χ0v) is 18.4. The lowest BCUT2D eigenvalue weighted by molar-refractivity contribution is -0.123. The maximum atomic E-state index is 12.1. The zero-order valence-electron chi connectivity index (χ0n) is 17.6. The van der Waals surface area contributed by atoms with Gasteiger partial charge in [-0.2, -0.15) is 0 Å². The van der Waals surface area contributed by atoms with Crippen molar-refractivity contribution >= 4 is 23.1 Å². The molecule has 7 heteroatoms. The van der Waals surface area contributed by atoms with E-state index in [-0.39, 0.29) is 24.7 Å². The summed E-state index contributed by atoms with van der Waals surface area (Å²) in [5.74, 6) is 0.847. The fourth-order valence-electron chi connectivity index (χ4n) is 3.44. The molecule has 6 nitrogen and oxygen atoms in total. The highest BCUT2D eigenvalue weighted by atomic mass is 32.1. The van der Waals surface area contributed by atoms with Crippen molar-refractivity contribution < 1.29 is 19.0 Å². The molecule has 2 aromatic rings. The van der Waals surface area contributed by atoms with Crippen LogP contribution in [0.5, 0.6) is 11.5 Å². The summed E-state index contributed by atoms with van der Waals surface area (Å²) in [4.78, 5) is 15.0. The monoisotopic (exact) mass is 428 g/mol. The van der Waals surface area contributed by atoms with Crippen molar-refractivity contribution in [1.29, 1.82) is 0 Å². The van der Waals surface area contributed by atoms with Gasteiger partial charge in [0.1, 0.15) is 4.99 Å². The van der Waals surface area contributed by atoms with Gasteiger partial charge >= 0.3 is 0 Å². The molecule has 30 heavy (non-hydrogen) atoms. The summed E-state index contributed by atoms with van der Waals surface area (Å²) in [6, 6.07) is 15.3. The van der Waals surface area contributed by atoms with E-state index in [2.05, 4.69) is 10.2 Å². The molecule has 1 heterocycles. The molecule has 0 radical (unpaired) electrons. The third-order valence-corrected chi connectivity index (χ3v) is 5.30. The number of methoxy groups -OCH3 is 1. The lowest BCUT2D eigenvalue weighted by Crippen LogP contribution is -2.47. The van der Waals surface area contributed by atoms with Gasteiger partial charge in [0, 0.05) is 25.2 Å². The van der Waals surface area contributed by atoms with Crippen LogP contribution >= 0.6 is 12.2 Å². The molecule has 1 aliphatic rings. The third-order valence-electron chi connectivity index (χ3n) is 4.81. The summed E-state index contributed by atoms with van der Waals surface area (Å²) in [6.07, 6.45) is 0.260. The average Bonchev–Trinajstić information content (AvgIpc) is 2.75. The fourth-order valence-corrected chi connectivity index (χ4v) is 3.71. The summed E-state index contributed by atoms with van der Waals surface area (Å²) in [6.45, 7) is 5.98. The quantitative estimate of drug-likeness (QED) is 0.684. The Balaban J connectivity index is 1.58. The molecule has 160 valence electrons. The summed E-state index contributed by atoms with van der Waals surface area (Å²) in [5, 5.41) is 2.84. The predicted octanol–water partition coefficient (Wildman–Crippen LogP) is 3.18. The summed E-state index contributed by atoms with van der Waals surface area (Å²) < 4.78 is 16.9. The number of nitrogens with one attached hydrogen (secondary N) is 1. The van der Waals surface area contributed by atoms with E-state index in [9.17, 15) is 4.79 Å². The van der Waals surface area contributed by atoms with E-state index < -0.39 is 0 Å². The normalized spacial score (nSPS) is 18.6. The van der Waals surface area contributed by atoms with Gasteiger partial charge in [0.25, 0.3) is 5.91 Å². The van der Waals surface area contributed by atoms with Gasteiger partial charge in [-0.25, -0.2) is 0 Å². The number of morpholine rings is 1. The second-order valence-corrected chi connectivity index (χ2v) is 7.77. The van der Waals surface area contributed by atoms with E-state index in [0.29, 0.717) is 18.0 Å². The number of hydrogen-bond acceptors (Lipinski definition) is 5. The summed E-state index contributed by atoms with van der Waals surface area (Å²) in [5.41, 5.74) is 1.91. The van der Waals surface area contributed by atoms with Gasteiger partial charge in [0.05, 0.1) is 19.3 Å². The van der Waals surface area contributed by atoms with Gasteiger partial charge in [0.2, 0.25) is 0 Å². The Morgan fingerprint density at radius 2 is 1.83 bits per heavy atom. The van der Waals surface area contributed by atoms with Crippen LogP contribution in [0.15, 0.2) is 48.5 Å². The van der Waals surface area contributed by atoms with Crippen molar-refractivity contribution in [2.24, 2.45) is 0 Å². The van der Waals surface area contributed by atoms with Crippen LogP contribution in [0.4, 0.5) is 0 Å². The van der Waals surface area contributed by atoms with E-state index in [1.54, 1.807) is 13.2 Å². The summed E-state index contributed by atoms with van der Waals surface area (Å²) in [7, 11) is 1.57. The number of amides is 1. The van der Waals surface area contributed by atoms with E-state index in [1.807, 2.05) is 56.3 Å². The average molecular weight is 429 g/mol. The third kappa shape index (κ3) is 5.93. The van der Waals surface area contributed by atoms with Crippen LogP contribution in [-0.4, -0.2) is 54.8 Å². The van der Waals surface area contributed by atoms with Crippen LogP contribution in [0.25, 0.3) is 0 Å². The van der Waals surface area contributed by atoms with E-state index in [1.165, 1.54) is 0 Å². The first-order chi connectivity index (χ1) is 14.5. The van der Waals surface area contributed by atoms with Crippen molar-refractivity contribution in [1.82, 2.24) is 10.2 Å². The Kier molecular flexibility index (Phi) is 7.65. The first-order valence-corrected chi connectivity index (χ1v) is 10.4. The number of nitrogens with zero attached hydrogens (tertiary/aromatic N) is 1. The minimum absolute atomic E-state index is 0.0918. The molecule has 0 bridgehead atoms. The molecule has 3 rings (SSSR count). The van der Waals surface area contributed by atoms with Gasteiger partial charge in [-0.05, 0) is 37.6 Å². The molecule has 1 N–H and O–H groups in total. The van der Waals surface area contributed by atoms with Gasteiger partial charge in [-0.15, -0.1) is 0 Å². The molecular weight excluding hydrogens is 400 g/mol. The Bertz CT molecular complexity index is 865. The molecular formula is C23H28N2O4S. The number of carbonyl (C=O) groups is 1. The first-order valence-electron chi connectivity index (χ1n) is 10.0. The van der Waals surface area contributed by atoms with Crippen LogP contribution in [0.1, 0.15) is 25.0 Å². The van der Waals surface area contributed by atoms with E-state index >= 15 is 0 Å². The first kappa shape index (κ1) is 22.1. The molecule has 1 saturated heterocycles. The number of benzene rings is 2. The van der Waals surface area contributed by atoms with E-state index in [4.69, 9.17) is 26.4 Å². The Morgan fingerprint density at radius 3 is 2.50 bits per heavy atom. The van der Waals surface area contributed by atoms with Gasteiger partial charge in [-0.1, -0.05) is 42.5 Å². The Labute approximate surface area is 183 Å². The Hall–Kier alpha value is -2.64. The molecule has 2 atom stereocenters. The van der Waals surface area contributed by atoms with Gasteiger partial charge < -0.3 is 24.4 Å². The van der Waals surface area contributed by atoms with Crippen molar-refractivity contribution in [3.8, 4) is 11.5 Å². The highest BCUT2D eigenvalue weighted by Crippen LogP contribution is 2.29. The number of carbonyl (C=O) groups excluding carboxylic acids is 1. The maximum Gasteiger partial charge on any atom is 0.258 e. The van der Waals surface area contributed by atoms with Crippen LogP contribution in [0, 0.1) is 0 Å². The van der Waals surface area contributed by atoms with Crippen LogP contribution in [0.2, 0.25) is 0 Å². The molecule has 0 unspecified atom stereocenters. The smallest absolute Gasteiger partial charge is 0.258 e. The van der Waals surface area contributed by atoms with Crippen molar-refractivity contribution in [2.45, 2.75) is 32.6 Å². The molecule has 0 saturated carbocycles. The van der Waals surface area contributed by atoms with Crippen molar-refractivity contribution in [2.75, 3.05) is 26.8 Å². The van der Waals surface area contributed by atoms with Crippen molar-refractivity contribution in [3.05, 3.63) is 59.7 Å². The zero-order chi connectivity index (χ0) is 21.5. The molecule has 1 amide bonds. The topological polar surface area (TPSA) is 60.0 Å². The highest BCUT2D eigenvalue weighted by molar-refractivity contribution is 7.80. The maximum absolute atomic E-state index is 12.1. The molecule has 0 aromatic heterocycles. The molecule has 1 fully saturated rings. The van der Waals surface area contributed by atoms with Crippen LogP contribution < -0.4 is 14.8 Å². The number of rotatable bonds is 7. The van der Waals surface area contributed by atoms with Crippen molar-refractivity contribution in [3.63, 3.8) is 0 Å². The second-order valence-electron chi connectivity index (χ2n) is 7.38. The summed E-state index contributed by atoms with van der Waals surface area (Å²) >= 11 is 5.69. The van der Waals surface area contributed by atoms with Crippen LogP contribution in [-0.2, 0) is 16.1 Å². The SMILES string of the molecule is COc1cc(C(=S)N2C[C@@H](C)O[C@H](C)C2)ccc1OCC(=O)NCc1ccccc1. The Morgan fingerprint density at radius 1 is 1.13 bits per heavy atom. The van der Waals surface area contributed by atoms with Crippen LogP contribution in [0.3, 0.4) is 0 Å². The molecule has 0 aliphatic carbocycles. The minimum Gasteiger partial charge on any atom is -0.493 e. The fraction of sp³-hybridized carbons (Fsp3) is 0.391. The molecule has 0 spiro atoms. The largest absolute Gasteiger partial charge is 0.493 e. The number of ether oxygens (including phenoxy) is 3. The predicted molar refractivity (Wildman–Crippen MR) is 120 cm³/mol. The lowest BCUT2D eigenvalue weighted by atomic mass is 10.1. The van der Waals surface area contributed by atoms with E-state index in [0.717, 1.165) is 29.2 Å². The van der Waals surface area contributed by atoms with Gasteiger partial charge in [0.15, 0.2) is 18.1 Å². The highest BCUT2D eigenvalue weighted by Gasteiger charge is 2.25. The van der Waals surface area contributed by atoms with Gasteiger partial charge in [-0.3, -0.25) is 4.79 Å². The standard InChI is InChI=1S/C23H28N2O4S/c1-16-13-25(14-17(2)29-16)23(30)19-9-10-20(21(11-19)27-3)28-15-22(26)24-12-18-7-5-4-6-8-18/h4-11,16-17H,12-15H2,1-3H3,(H,24,26)/t16-,17-/m1/s1. The lowest BCUT2D eigenvalue weighted by Gasteiger charge is -2.37. The minimum atomic E-state index is -0.197. The second kappa shape index (κ2) is 10.4. The number of thiocarbonyl (C=S) groups is 1. The molecule has 1 aliphatic heterocycles. The molecule has 2 aromatic carbocycles. The number of hydrogen-bond donors (Lipinski definition) is 1.